The molecule has 1 rings (SSSR count). The molecule has 1 aromatic rings. The first-order valence-corrected chi connectivity index (χ1v) is 12.1. The normalized spacial score (nSPS) is 10.0. The van der Waals surface area contributed by atoms with Gasteiger partial charge in [0.1, 0.15) is 0 Å². The Balaban J connectivity index is 0.000000500. The van der Waals surface area contributed by atoms with E-state index in [4.69, 9.17) is 44.3 Å². The lowest BCUT2D eigenvalue weighted by Crippen LogP contribution is -2.33. The van der Waals surface area contributed by atoms with E-state index >= 15 is 0 Å². The molecule has 0 fully saturated rings. The molecular weight excluding hydrogens is 294 g/mol. The van der Waals surface area contributed by atoms with Gasteiger partial charge in [0.25, 0.3) is 0 Å². The van der Waals surface area contributed by atoms with Crippen LogP contribution in [0.4, 0.5) is 0 Å². The van der Waals surface area contributed by atoms with Crippen LogP contribution in [0.15, 0.2) is 42.6 Å². The lowest BCUT2D eigenvalue weighted by atomic mass is 10.4. The van der Waals surface area contributed by atoms with Gasteiger partial charge in [-0.1, -0.05) is 36.0 Å². The molecule has 0 aliphatic carbocycles. The van der Waals surface area contributed by atoms with E-state index in [1.165, 1.54) is 0 Å². The smallest absolute Gasteiger partial charge is 0.155 e. The van der Waals surface area contributed by atoms with Crippen LogP contribution in [0, 0.1) is 0 Å². The van der Waals surface area contributed by atoms with Gasteiger partial charge < -0.3 is 0 Å². The molecule has 0 amide bonds. The summed E-state index contributed by atoms with van der Waals surface area (Å²) in [6.45, 7) is 1.26. The molecule has 0 radical (unpaired) electrons. The monoisotopic (exact) mass is 302 g/mol. The second-order valence-corrected chi connectivity index (χ2v) is 11.3. The third-order valence-corrected chi connectivity index (χ3v) is 5.27. The summed E-state index contributed by atoms with van der Waals surface area (Å²) in [4.78, 5) is 0. The van der Waals surface area contributed by atoms with Crippen LogP contribution in [0.5, 0.6) is 0 Å². The predicted octanol–water partition coefficient (Wildman–Crippen LogP) is 3.00. The average Bonchev–Trinajstić information content (AvgIpc) is 2.20. The molecule has 0 bridgehead atoms. The Morgan fingerprint density at radius 2 is 1.57 bits per heavy atom. The zero-order valence-corrected chi connectivity index (χ0v) is 12.8. The Bertz CT molecular complexity index is 263. The third kappa shape index (κ3) is 5.44. The van der Waals surface area contributed by atoms with Crippen LogP contribution >= 0.6 is 44.3 Å². The van der Waals surface area contributed by atoms with Gasteiger partial charge in [-0.05, 0) is 5.19 Å². The second-order valence-electron chi connectivity index (χ2n) is 2.29. The first-order valence-electron chi connectivity index (χ1n) is 3.77. The largest absolute Gasteiger partial charge is 0.302 e. The summed E-state index contributed by atoms with van der Waals surface area (Å²) in [6, 6.07) is 9.63. The second kappa shape index (κ2) is 7.79. The van der Waals surface area contributed by atoms with Gasteiger partial charge in [-0.25, -0.2) is 0 Å². The van der Waals surface area contributed by atoms with Crippen LogP contribution in [0.1, 0.15) is 0 Å². The summed E-state index contributed by atoms with van der Waals surface area (Å²) < 4.78 is 0. The van der Waals surface area contributed by atoms with Crippen molar-refractivity contribution in [1.82, 2.24) is 0 Å². The van der Waals surface area contributed by atoms with Crippen molar-refractivity contribution in [3.63, 3.8) is 0 Å². The molecule has 0 N–H and O–H groups in total. The van der Waals surface area contributed by atoms with E-state index in [2.05, 4.69) is 6.58 Å². The molecule has 0 nitrogen and oxygen atoms in total. The van der Waals surface area contributed by atoms with Gasteiger partial charge >= 0.3 is 6.69 Å². The fourth-order valence-electron chi connectivity index (χ4n) is 0.778. The highest BCUT2D eigenvalue weighted by Gasteiger charge is 2.25. The minimum absolute atomic E-state index is 0.639. The minimum atomic E-state index is -2.35. The molecule has 0 atom stereocenters. The minimum Gasteiger partial charge on any atom is -0.155 e. The maximum atomic E-state index is 6.03. The van der Waals surface area contributed by atoms with E-state index in [0.29, 0.717) is 0 Å². The SMILES string of the molecule is C=C[Si](Cl)(Cl)c1ccccc1.Cl[SiH2]Cl. The summed E-state index contributed by atoms with van der Waals surface area (Å²) in [5.74, 6) is 0. The fraction of sp³-hybridized carbons (Fsp3) is 0. The quantitative estimate of drug-likeness (QED) is 0.582. The molecule has 0 aliphatic rings. The van der Waals surface area contributed by atoms with Gasteiger partial charge in [-0.15, -0.1) is 28.7 Å². The van der Waals surface area contributed by atoms with Crippen molar-refractivity contribution < 1.29 is 0 Å². The van der Waals surface area contributed by atoms with Crippen molar-refractivity contribution in [3.8, 4) is 0 Å². The third-order valence-electron chi connectivity index (χ3n) is 1.42. The van der Waals surface area contributed by atoms with E-state index in [1.54, 1.807) is 5.70 Å². The molecule has 0 heterocycles. The van der Waals surface area contributed by atoms with Crippen LogP contribution < -0.4 is 5.19 Å². The van der Waals surface area contributed by atoms with Crippen molar-refractivity contribution in [1.29, 1.82) is 0 Å². The Kier molecular flexibility index (Phi) is 8.10. The van der Waals surface area contributed by atoms with E-state index in [1.807, 2.05) is 30.3 Å². The molecule has 0 saturated heterocycles. The van der Waals surface area contributed by atoms with Gasteiger partial charge in [0.2, 0.25) is 8.14 Å². The molecule has 0 saturated carbocycles. The van der Waals surface area contributed by atoms with Crippen molar-refractivity contribution in [2.24, 2.45) is 0 Å². The molecule has 0 spiro atoms. The Labute approximate surface area is 106 Å². The summed E-state index contributed by atoms with van der Waals surface area (Å²) in [5.41, 5.74) is 1.64. The van der Waals surface area contributed by atoms with Crippen molar-refractivity contribution in [2.45, 2.75) is 0 Å². The maximum absolute atomic E-state index is 6.03. The van der Waals surface area contributed by atoms with Crippen molar-refractivity contribution >= 4 is 64.3 Å². The van der Waals surface area contributed by atoms with Crippen LogP contribution in [0.2, 0.25) is 0 Å². The highest BCUT2D eigenvalue weighted by atomic mass is 35.7. The van der Waals surface area contributed by atoms with Crippen LogP contribution in [0.25, 0.3) is 0 Å². The van der Waals surface area contributed by atoms with Gasteiger partial charge in [0.15, 0.2) is 0 Å². The highest BCUT2D eigenvalue weighted by molar-refractivity contribution is 7.53. The number of benzene rings is 1. The van der Waals surface area contributed by atoms with Gasteiger partial charge in [-0.2, -0.15) is 22.2 Å². The Morgan fingerprint density at radius 1 is 1.14 bits per heavy atom. The zero-order chi connectivity index (χ0) is 11.0. The number of hydrogen-bond donors (Lipinski definition) is 0. The molecular formula is C8H10Cl4Si2. The predicted molar refractivity (Wildman–Crippen MR) is 74.0 cm³/mol. The number of hydrogen-bond acceptors (Lipinski definition) is 0. The molecule has 0 unspecified atom stereocenters. The summed E-state index contributed by atoms with van der Waals surface area (Å²) >= 11 is 21.9. The standard InChI is InChI=1S/C8H8Cl2Si.Cl2H2Si/c1-2-11(9,10)8-6-4-3-5-7-8;1-3-2/h2-7H,1H2;3H2. The highest BCUT2D eigenvalue weighted by Crippen LogP contribution is 2.14. The molecule has 6 heteroatoms. The topological polar surface area (TPSA) is 0 Å². The number of rotatable bonds is 2. The Morgan fingerprint density at radius 3 is 1.93 bits per heavy atom. The van der Waals surface area contributed by atoms with E-state index in [0.717, 1.165) is 5.19 Å². The first-order chi connectivity index (χ1) is 6.58. The lowest BCUT2D eigenvalue weighted by Gasteiger charge is -2.10. The zero-order valence-electron chi connectivity index (χ0n) is 7.39. The Hall–Kier alpha value is 0.554. The molecule has 0 aromatic heterocycles. The van der Waals surface area contributed by atoms with Crippen LogP contribution in [-0.4, -0.2) is 14.8 Å². The van der Waals surface area contributed by atoms with Crippen molar-refractivity contribution in [3.05, 3.63) is 42.6 Å². The van der Waals surface area contributed by atoms with Gasteiger partial charge in [-0.3, -0.25) is 0 Å². The summed E-state index contributed by atoms with van der Waals surface area (Å²) in [5, 5.41) is 0.985. The maximum Gasteiger partial charge on any atom is 0.302 e. The molecule has 0 aliphatic heterocycles. The van der Waals surface area contributed by atoms with Gasteiger partial charge in [0, 0.05) is 0 Å². The summed E-state index contributed by atoms with van der Waals surface area (Å²) in [6.07, 6.45) is 0. The van der Waals surface area contributed by atoms with Crippen molar-refractivity contribution in [2.75, 3.05) is 0 Å². The van der Waals surface area contributed by atoms with Crippen LogP contribution in [-0.2, 0) is 0 Å². The van der Waals surface area contributed by atoms with E-state index in [9.17, 15) is 0 Å². The first kappa shape index (κ1) is 14.6. The number of halogens is 4. The summed E-state index contributed by atoms with van der Waals surface area (Å²) in [7, 11) is -0.639. The van der Waals surface area contributed by atoms with E-state index in [-0.39, 0.29) is 0 Å². The molecule has 1 aromatic carbocycles. The van der Waals surface area contributed by atoms with Gasteiger partial charge in [0.05, 0.1) is 0 Å². The fourth-order valence-corrected chi connectivity index (χ4v) is 2.41. The van der Waals surface area contributed by atoms with Crippen LogP contribution in [0.3, 0.4) is 0 Å². The molecule has 14 heavy (non-hydrogen) atoms. The average molecular weight is 304 g/mol. The lowest BCUT2D eigenvalue weighted by molar-refractivity contribution is 1.76. The molecule has 78 valence electrons. The van der Waals surface area contributed by atoms with E-state index < -0.39 is 14.8 Å².